The highest BCUT2D eigenvalue weighted by atomic mass is 16.6. The zero-order chi connectivity index (χ0) is 21.7. The van der Waals surface area contributed by atoms with Gasteiger partial charge in [0.25, 0.3) is 5.91 Å². The Balaban J connectivity index is 1.54. The quantitative estimate of drug-likeness (QED) is 0.690. The summed E-state index contributed by atoms with van der Waals surface area (Å²) in [4.78, 5) is 37.5. The van der Waals surface area contributed by atoms with Gasteiger partial charge < -0.3 is 15.4 Å². The standard InChI is InChI=1S/C24H28N2O4/c1-16-9-7-8-12-18(16)15-25-23(29)24(2,3)26-21(27)20-14-19(22(28)30-20)13-17-10-5-4-6-11-17/h4-12,19-20H,13-15H2,1-3H3,(H,25,29)(H,26,27)/t19-,20?/m1/s1. The third kappa shape index (κ3) is 5.26. The van der Waals surface area contributed by atoms with E-state index in [1.807, 2.05) is 61.5 Å². The molecule has 30 heavy (non-hydrogen) atoms. The van der Waals surface area contributed by atoms with Gasteiger partial charge in [0.05, 0.1) is 5.92 Å². The van der Waals surface area contributed by atoms with Gasteiger partial charge in [0.2, 0.25) is 5.91 Å². The van der Waals surface area contributed by atoms with Crippen LogP contribution in [-0.4, -0.2) is 29.4 Å². The number of carbonyl (C=O) groups excluding carboxylic acids is 3. The molecule has 1 unspecified atom stereocenters. The van der Waals surface area contributed by atoms with Crippen molar-refractivity contribution >= 4 is 17.8 Å². The molecule has 1 heterocycles. The number of aryl methyl sites for hydroxylation is 1. The first-order valence-corrected chi connectivity index (χ1v) is 10.2. The molecule has 0 aliphatic carbocycles. The number of rotatable bonds is 7. The Morgan fingerprint density at radius 3 is 2.43 bits per heavy atom. The second-order valence-corrected chi connectivity index (χ2v) is 8.27. The number of hydrogen-bond donors (Lipinski definition) is 2. The normalized spacial score (nSPS) is 18.6. The number of benzene rings is 2. The maximum absolute atomic E-state index is 12.7. The highest BCUT2D eigenvalue weighted by Crippen LogP contribution is 2.25. The topological polar surface area (TPSA) is 84.5 Å². The maximum atomic E-state index is 12.7. The van der Waals surface area contributed by atoms with E-state index in [-0.39, 0.29) is 17.8 Å². The van der Waals surface area contributed by atoms with Crippen molar-refractivity contribution in [2.75, 3.05) is 0 Å². The molecule has 1 aliphatic heterocycles. The Morgan fingerprint density at radius 1 is 1.07 bits per heavy atom. The van der Waals surface area contributed by atoms with E-state index >= 15 is 0 Å². The van der Waals surface area contributed by atoms with Crippen LogP contribution in [0.5, 0.6) is 0 Å². The van der Waals surface area contributed by atoms with Crippen molar-refractivity contribution in [3.63, 3.8) is 0 Å². The van der Waals surface area contributed by atoms with Gasteiger partial charge in [0.1, 0.15) is 5.54 Å². The van der Waals surface area contributed by atoms with E-state index < -0.39 is 17.6 Å². The first-order valence-electron chi connectivity index (χ1n) is 10.2. The number of esters is 1. The van der Waals surface area contributed by atoms with Gasteiger partial charge in [-0.1, -0.05) is 54.6 Å². The molecule has 0 radical (unpaired) electrons. The van der Waals surface area contributed by atoms with Crippen LogP contribution in [0.2, 0.25) is 0 Å². The van der Waals surface area contributed by atoms with Gasteiger partial charge in [0, 0.05) is 13.0 Å². The molecule has 2 aromatic carbocycles. The molecule has 0 saturated carbocycles. The van der Waals surface area contributed by atoms with Crippen LogP contribution in [0.15, 0.2) is 54.6 Å². The first kappa shape index (κ1) is 21.6. The fourth-order valence-electron chi connectivity index (χ4n) is 3.52. The summed E-state index contributed by atoms with van der Waals surface area (Å²) in [5, 5.41) is 5.59. The predicted octanol–water partition coefficient (Wildman–Crippen LogP) is 2.68. The van der Waals surface area contributed by atoms with Crippen LogP contribution in [0.25, 0.3) is 0 Å². The molecular weight excluding hydrogens is 380 g/mol. The number of nitrogens with one attached hydrogen (secondary N) is 2. The smallest absolute Gasteiger partial charge is 0.310 e. The summed E-state index contributed by atoms with van der Waals surface area (Å²) in [5.41, 5.74) is 1.99. The molecule has 0 aromatic heterocycles. The summed E-state index contributed by atoms with van der Waals surface area (Å²) in [6.45, 7) is 5.63. The summed E-state index contributed by atoms with van der Waals surface area (Å²) >= 11 is 0. The average molecular weight is 408 g/mol. The minimum Gasteiger partial charge on any atom is -0.452 e. The highest BCUT2D eigenvalue weighted by molar-refractivity contribution is 5.94. The molecule has 1 saturated heterocycles. The molecule has 0 bridgehead atoms. The van der Waals surface area contributed by atoms with Gasteiger partial charge in [-0.3, -0.25) is 14.4 Å². The Hall–Kier alpha value is -3.15. The largest absolute Gasteiger partial charge is 0.452 e. The summed E-state index contributed by atoms with van der Waals surface area (Å²) in [7, 11) is 0. The molecule has 2 aromatic rings. The van der Waals surface area contributed by atoms with Crippen LogP contribution in [-0.2, 0) is 32.1 Å². The number of cyclic esters (lactones) is 1. The lowest BCUT2D eigenvalue weighted by atomic mass is 9.95. The lowest BCUT2D eigenvalue weighted by Crippen LogP contribution is -2.56. The second kappa shape index (κ2) is 9.11. The number of amides is 2. The molecule has 158 valence electrons. The lowest BCUT2D eigenvalue weighted by Gasteiger charge is -2.26. The summed E-state index contributed by atoms with van der Waals surface area (Å²) < 4.78 is 5.30. The van der Waals surface area contributed by atoms with Crippen LogP contribution in [0.4, 0.5) is 0 Å². The Kier molecular flexibility index (Phi) is 6.55. The van der Waals surface area contributed by atoms with Crippen LogP contribution < -0.4 is 10.6 Å². The van der Waals surface area contributed by atoms with Crippen molar-refractivity contribution in [3.05, 3.63) is 71.3 Å². The third-order valence-corrected chi connectivity index (χ3v) is 5.41. The molecule has 2 atom stereocenters. The van der Waals surface area contributed by atoms with Crippen molar-refractivity contribution in [1.82, 2.24) is 10.6 Å². The minimum atomic E-state index is -1.14. The van der Waals surface area contributed by atoms with Gasteiger partial charge in [-0.15, -0.1) is 0 Å². The third-order valence-electron chi connectivity index (χ3n) is 5.41. The van der Waals surface area contributed by atoms with Crippen LogP contribution >= 0.6 is 0 Å². The van der Waals surface area contributed by atoms with Crippen LogP contribution in [0.3, 0.4) is 0 Å². The van der Waals surface area contributed by atoms with Gasteiger partial charge in [-0.2, -0.15) is 0 Å². The molecule has 6 nitrogen and oxygen atoms in total. The monoisotopic (exact) mass is 408 g/mol. The zero-order valence-electron chi connectivity index (χ0n) is 17.6. The molecule has 2 amide bonds. The molecule has 6 heteroatoms. The number of carbonyl (C=O) groups is 3. The van der Waals surface area contributed by atoms with Crippen LogP contribution in [0.1, 0.15) is 37.0 Å². The van der Waals surface area contributed by atoms with Crippen molar-refractivity contribution < 1.29 is 19.1 Å². The molecule has 1 fully saturated rings. The predicted molar refractivity (Wildman–Crippen MR) is 113 cm³/mol. The van der Waals surface area contributed by atoms with Crippen molar-refractivity contribution in [3.8, 4) is 0 Å². The van der Waals surface area contributed by atoms with E-state index in [4.69, 9.17) is 4.74 Å². The first-order chi connectivity index (χ1) is 14.3. The Bertz CT molecular complexity index is 924. The zero-order valence-corrected chi connectivity index (χ0v) is 17.6. The van der Waals surface area contributed by atoms with Crippen LogP contribution in [0, 0.1) is 12.8 Å². The van der Waals surface area contributed by atoms with E-state index in [9.17, 15) is 14.4 Å². The van der Waals surface area contributed by atoms with Gasteiger partial charge in [-0.25, -0.2) is 0 Å². The fraction of sp³-hybridized carbons (Fsp3) is 0.375. The lowest BCUT2D eigenvalue weighted by molar-refractivity contribution is -0.150. The molecule has 2 N–H and O–H groups in total. The molecule has 0 spiro atoms. The molecule has 1 aliphatic rings. The van der Waals surface area contributed by atoms with E-state index in [0.29, 0.717) is 19.4 Å². The summed E-state index contributed by atoms with van der Waals surface area (Å²) in [6, 6.07) is 17.4. The van der Waals surface area contributed by atoms with Gasteiger partial charge >= 0.3 is 5.97 Å². The van der Waals surface area contributed by atoms with Crippen molar-refractivity contribution in [2.45, 2.75) is 51.8 Å². The van der Waals surface area contributed by atoms with E-state index in [1.165, 1.54) is 0 Å². The average Bonchev–Trinajstić information content (AvgIpc) is 3.08. The summed E-state index contributed by atoms with van der Waals surface area (Å²) in [6.07, 6.45) is -0.0424. The minimum absolute atomic E-state index is 0.302. The van der Waals surface area contributed by atoms with E-state index in [1.54, 1.807) is 13.8 Å². The Morgan fingerprint density at radius 2 is 1.73 bits per heavy atom. The van der Waals surface area contributed by atoms with Gasteiger partial charge in [-0.05, 0) is 43.9 Å². The van der Waals surface area contributed by atoms with E-state index in [0.717, 1.165) is 16.7 Å². The van der Waals surface area contributed by atoms with Crippen molar-refractivity contribution in [1.29, 1.82) is 0 Å². The number of hydrogen-bond acceptors (Lipinski definition) is 4. The molecule has 3 rings (SSSR count). The fourth-order valence-corrected chi connectivity index (χ4v) is 3.52. The SMILES string of the molecule is Cc1ccccc1CNC(=O)C(C)(C)NC(=O)C1C[C@@H](Cc2ccccc2)C(=O)O1. The highest BCUT2D eigenvalue weighted by Gasteiger charge is 2.41. The van der Waals surface area contributed by atoms with E-state index in [2.05, 4.69) is 10.6 Å². The Labute approximate surface area is 177 Å². The second-order valence-electron chi connectivity index (χ2n) is 8.27. The molecular formula is C24H28N2O4. The number of ether oxygens (including phenoxy) is 1. The summed E-state index contributed by atoms with van der Waals surface area (Å²) in [5.74, 6) is -1.49. The van der Waals surface area contributed by atoms with Gasteiger partial charge in [0.15, 0.2) is 6.10 Å². The van der Waals surface area contributed by atoms with Crippen molar-refractivity contribution in [2.24, 2.45) is 5.92 Å². The maximum Gasteiger partial charge on any atom is 0.310 e.